The number of aromatic nitrogens is 2. The summed E-state index contributed by atoms with van der Waals surface area (Å²) in [5, 5.41) is 2.94. The first-order valence-corrected chi connectivity index (χ1v) is 12.4. The van der Waals surface area contributed by atoms with Gasteiger partial charge in [0.1, 0.15) is 17.2 Å². The van der Waals surface area contributed by atoms with Crippen LogP contribution in [0.2, 0.25) is 5.02 Å². The summed E-state index contributed by atoms with van der Waals surface area (Å²) < 4.78 is 21.6. The Kier molecular flexibility index (Phi) is 8.06. The number of nitrogens with one attached hydrogen (secondary N) is 1. The van der Waals surface area contributed by atoms with Crippen molar-refractivity contribution in [3.63, 3.8) is 0 Å². The van der Waals surface area contributed by atoms with Crippen LogP contribution in [-0.4, -0.2) is 52.5 Å². The highest BCUT2D eigenvalue weighted by molar-refractivity contribution is 6.31. The summed E-state index contributed by atoms with van der Waals surface area (Å²) in [4.78, 5) is 19.8. The number of benzene rings is 1. The summed E-state index contributed by atoms with van der Waals surface area (Å²) in [6.45, 7) is 7.89. The summed E-state index contributed by atoms with van der Waals surface area (Å²) in [5.74, 6) is 0.135. The second kappa shape index (κ2) is 11.2. The fourth-order valence-corrected chi connectivity index (χ4v) is 4.58. The van der Waals surface area contributed by atoms with Crippen LogP contribution >= 0.6 is 11.6 Å². The third-order valence-corrected chi connectivity index (χ3v) is 6.29. The normalized spacial score (nSPS) is 14.6. The van der Waals surface area contributed by atoms with Crippen molar-refractivity contribution in [2.75, 3.05) is 26.2 Å². The molecular formula is C26H32ClFN4O2. The number of hydrogen-bond acceptors (Lipinski definition) is 4. The van der Waals surface area contributed by atoms with Crippen LogP contribution in [0.5, 0.6) is 5.75 Å². The summed E-state index contributed by atoms with van der Waals surface area (Å²) >= 11 is 6.03. The number of halogens is 2. The molecule has 6 nitrogen and oxygen atoms in total. The van der Waals surface area contributed by atoms with Gasteiger partial charge >= 0.3 is 0 Å². The third kappa shape index (κ3) is 6.07. The van der Waals surface area contributed by atoms with E-state index in [1.807, 2.05) is 36.6 Å². The Morgan fingerprint density at radius 2 is 2.00 bits per heavy atom. The van der Waals surface area contributed by atoms with Gasteiger partial charge in [-0.2, -0.15) is 0 Å². The molecule has 0 spiro atoms. The van der Waals surface area contributed by atoms with Crippen molar-refractivity contribution in [2.45, 2.75) is 52.0 Å². The van der Waals surface area contributed by atoms with Gasteiger partial charge in [-0.15, -0.1) is 0 Å². The van der Waals surface area contributed by atoms with E-state index in [0.29, 0.717) is 29.2 Å². The molecule has 4 rings (SSSR count). The lowest BCUT2D eigenvalue weighted by Crippen LogP contribution is -2.31. The molecule has 1 fully saturated rings. The molecule has 0 saturated carbocycles. The van der Waals surface area contributed by atoms with Gasteiger partial charge in [0, 0.05) is 30.4 Å². The van der Waals surface area contributed by atoms with E-state index in [0.717, 1.165) is 18.7 Å². The van der Waals surface area contributed by atoms with Gasteiger partial charge in [-0.1, -0.05) is 18.0 Å². The van der Waals surface area contributed by atoms with E-state index < -0.39 is 5.82 Å². The summed E-state index contributed by atoms with van der Waals surface area (Å²) in [6, 6.07) is 8.28. The van der Waals surface area contributed by atoms with Gasteiger partial charge in [0.15, 0.2) is 0 Å². The molecule has 2 aromatic heterocycles. The lowest BCUT2D eigenvalue weighted by Gasteiger charge is -2.26. The number of imidazole rings is 1. The minimum atomic E-state index is -0.492. The van der Waals surface area contributed by atoms with Crippen LogP contribution in [0.4, 0.5) is 4.39 Å². The molecule has 1 saturated heterocycles. The number of likely N-dealkylation sites (tertiary alicyclic amines) is 1. The number of rotatable bonds is 9. The maximum absolute atomic E-state index is 13.8. The molecule has 1 aliphatic rings. The Labute approximate surface area is 205 Å². The fourth-order valence-electron chi connectivity index (χ4n) is 4.40. The molecule has 1 aromatic carbocycles. The molecule has 1 amide bonds. The summed E-state index contributed by atoms with van der Waals surface area (Å²) in [5.41, 5.74) is 2.64. The molecule has 0 unspecified atom stereocenters. The van der Waals surface area contributed by atoms with E-state index in [-0.39, 0.29) is 23.4 Å². The van der Waals surface area contributed by atoms with Gasteiger partial charge in [0.05, 0.1) is 29.4 Å². The Balaban J connectivity index is 1.54. The maximum atomic E-state index is 13.8. The van der Waals surface area contributed by atoms with Gasteiger partial charge in [-0.05, 0) is 70.5 Å². The number of hydrogen-bond donors (Lipinski definition) is 1. The molecule has 0 aliphatic carbocycles. The number of piperidine rings is 1. The molecule has 182 valence electrons. The second-order valence-corrected chi connectivity index (χ2v) is 9.54. The van der Waals surface area contributed by atoms with Crippen molar-refractivity contribution in [3.05, 3.63) is 53.1 Å². The predicted octanol–water partition coefficient (Wildman–Crippen LogP) is 5.12. The zero-order valence-electron chi connectivity index (χ0n) is 19.8. The van der Waals surface area contributed by atoms with Crippen molar-refractivity contribution in [1.82, 2.24) is 19.6 Å². The standard InChI is InChI=1S/C26H32ClFN4O2/c1-18(2)29-25(33)17-23-26(19-7-8-22(28)21(27)15-19)30-24-16-20(9-13-32(23)24)34-14-6-12-31-10-4-3-5-11-31/h7-9,13,15-16,18H,3-6,10-12,14,17H2,1-2H3,(H,29,33). The molecule has 8 heteroatoms. The minimum absolute atomic E-state index is 0.0184. The van der Waals surface area contributed by atoms with Crippen LogP contribution in [0.1, 0.15) is 45.2 Å². The van der Waals surface area contributed by atoms with Gasteiger partial charge < -0.3 is 19.4 Å². The third-order valence-electron chi connectivity index (χ3n) is 6.00. The largest absolute Gasteiger partial charge is 0.493 e. The average Bonchev–Trinajstić information content (AvgIpc) is 3.16. The molecule has 3 heterocycles. The van der Waals surface area contributed by atoms with Crippen LogP contribution in [0.15, 0.2) is 36.5 Å². The molecule has 3 aromatic rings. The summed E-state index contributed by atoms with van der Waals surface area (Å²) in [7, 11) is 0. The zero-order chi connectivity index (χ0) is 24.1. The van der Waals surface area contributed by atoms with Gasteiger partial charge in [0.2, 0.25) is 5.91 Å². The lowest BCUT2D eigenvalue weighted by molar-refractivity contribution is -0.120. The van der Waals surface area contributed by atoms with Crippen LogP contribution < -0.4 is 10.1 Å². The molecule has 1 N–H and O–H groups in total. The molecule has 34 heavy (non-hydrogen) atoms. The van der Waals surface area contributed by atoms with Gasteiger partial charge in [-0.25, -0.2) is 9.37 Å². The minimum Gasteiger partial charge on any atom is -0.493 e. The van der Waals surface area contributed by atoms with E-state index >= 15 is 0 Å². The first kappa shape index (κ1) is 24.5. The van der Waals surface area contributed by atoms with Crippen molar-refractivity contribution >= 4 is 23.2 Å². The smallest absolute Gasteiger partial charge is 0.226 e. The van der Waals surface area contributed by atoms with E-state index in [9.17, 15) is 9.18 Å². The Hall–Kier alpha value is -2.64. The summed E-state index contributed by atoms with van der Waals surface area (Å²) in [6.07, 6.45) is 6.89. The van der Waals surface area contributed by atoms with Crippen LogP contribution in [0.25, 0.3) is 16.9 Å². The van der Waals surface area contributed by atoms with Crippen molar-refractivity contribution in [1.29, 1.82) is 0 Å². The number of fused-ring (bicyclic) bond motifs is 1. The quantitative estimate of drug-likeness (QED) is 0.427. The Bertz CT molecular complexity index is 1140. The highest BCUT2D eigenvalue weighted by Crippen LogP contribution is 2.29. The molecule has 0 atom stereocenters. The topological polar surface area (TPSA) is 58.9 Å². The molecule has 0 bridgehead atoms. The van der Waals surface area contributed by atoms with Gasteiger partial charge in [-0.3, -0.25) is 4.79 Å². The monoisotopic (exact) mass is 486 g/mol. The van der Waals surface area contributed by atoms with Crippen LogP contribution in [0.3, 0.4) is 0 Å². The fraction of sp³-hybridized carbons (Fsp3) is 0.462. The average molecular weight is 487 g/mol. The molecular weight excluding hydrogens is 455 g/mol. The number of carbonyl (C=O) groups is 1. The van der Waals surface area contributed by atoms with Crippen LogP contribution in [0, 0.1) is 5.82 Å². The van der Waals surface area contributed by atoms with Crippen molar-refractivity contribution < 1.29 is 13.9 Å². The van der Waals surface area contributed by atoms with E-state index in [2.05, 4.69) is 10.2 Å². The Morgan fingerprint density at radius 1 is 1.21 bits per heavy atom. The zero-order valence-corrected chi connectivity index (χ0v) is 20.6. The number of amides is 1. The maximum Gasteiger partial charge on any atom is 0.226 e. The number of carbonyl (C=O) groups excluding carboxylic acids is 1. The molecule has 0 radical (unpaired) electrons. The van der Waals surface area contributed by atoms with Crippen LogP contribution in [-0.2, 0) is 11.2 Å². The Morgan fingerprint density at radius 3 is 2.74 bits per heavy atom. The second-order valence-electron chi connectivity index (χ2n) is 9.13. The highest BCUT2D eigenvalue weighted by Gasteiger charge is 2.19. The number of nitrogens with zero attached hydrogens (tertiary/aromatic N) is 3. The highest BCUT2D eigenvalue weighted by atomic mass is 35.5. The van der Waals surface area contributed by atoms with Gasteiger partial charge in [0.25, 0.3) is 0 Å². The number of ether oxygens (including phenoxy) is 1. The van der Waals surface area contributed by atoms with Crippen molar-refractivity contribution in [3.8, 4) is 17.0 Å². The first-order chi connectivity index (χ1) is 16.4. The van der Waals surface area contributed by atoms with Crippen molar-refractivity contribution in [2.24, 2.45) is 0 Å². The predicted molar refractivity (Wildman–Crippen MR) is 133 cm³/mol. The SMILES string of the molecule is CC(C)NC(=O)Cc1c(-c2ccc(F)c(Cl)c2)nc2cc(OCCCN3CCCCC3)ccn12. The van der Waals surface area contributed by atoms with E-state index in [1.165, 1.54) is 38.4 Å². The van der Waals surface area contributed by atoms with E-state index in [1.54, 1.807) is 12.1 Å². The first-order valence-electron chi connectivity index (χ1n) is 12.0. The number of pyridine rings is 1. The van der Waals surface area contributed by atoms with E-state index in [4.69, 9.17) is 21.3 Å². The molecule has 1 aliphatic heterocycles. The lowest BCUT2D eigenvalue weighted by atomic mass is 10.1.